The van der Waals surface area contributed by atoms with Gasteiger partial charge in [0.25, 0.3) is 0 Å². The van der Waals surface area contributed by atoms with E-state index in [9.17, 15) is 8.42 Å². The van der Waals surface area contributed by atoms with E-state index in [2.05, 4.69) is 4.72 Å². The van der Waals surface area contributed by atoms with Crippen molar-refractivity contribution in [2.75, 3.05) is 0 Å². The van der Waals surface area contributed by atoms with Gasteiger partial charge in [-0.3, -0.25) is 0 Å². The molecule has 0 fully saturated rings. The molecule has 0 amide bonds. The van der Waals surface area contributed by atoms with Crippen LogP contribution in [0, 0.1) is 5.92 Å². The Balaban J connectivity index is 4.63. The molecule has 4 heteroatoms. The normalized spacial score (nSPS) is 14.2. The molecule has 0 rings (SSSR count). The van der Waals surface area contributed by atoms with Crippen LogP contribution < -0.4 is 4.72 Å². The highest BCUT2D eigenvalue weighted by molar-refractivity contribution is 7.90. The second-order valence-corrected chi connectivity index (χ2v) is 6.81. The van der Waals surface area contributed by atoms with Crippen LogP contribution in [0.1, 0.15) is 41.5 Å². The van der Waals surface area contributed by atoms with Crippen molar-refractivity contribution in [3.8, 4) is 0 Å². The van der Waals surface area contributed by atoms with Gasteiger partial charge in [-0.15, -0.1) is 0 Å². The first-order valence-electron chi connectivity index (χ1n) is 4.62. The molecule has 1 N–H and O–H groups in total. The van der Waals surface area contributed by atoms with Gasteiger partial charge in [0.2, 0.25) is 10.0 Å². The summed E-state index contributed by atoms with van der Waals surface area (Å²) < 4.78 is 25.8. The molecular formula is C9H21NO2S. The standard InChI is InChI=1S/C9H21NO2S/c1-7(2)9(5,6)10-13(11,12)8(3)4/h7-8,10H,1-6H3. The molecular weight excluding hydrogens is 186 g/mol. The summed E-state index contributed by atoms with van der Waals surface area (Å²) in [6.07, 6.45) is 0. The van der Waals surface area contributed by atoms with Gasteiger partial charge in [0.05, 0.1) is 5.25 Å². The van der Waals surface area contributed by atoms with Gasteiger partial charge in [0, 0.05) is 5.54 Å². The van der Waals surface area contributed by atoms with Crippen molar-refractivity contribution in [2.24, 2.45) is 5.92 Å². The van der Waals surface area contributed by atoms with Crippen LogP contribution in [0.3, 0.4) is 0 Å². The van der Waals surface area contributed by atoms with Gasteiger partial charge in [-0.2, -0.15) is 0 Å². The average Bonchev–Trinajstić information content (AvgIpc) is 1.83. The maximum atomic E-state index is 11.5. The van der Waals surface area contributed by atoms with E-state index in [1.807, 2.05) is 27.7 Å². The van der Waals surface area contributed by atoms with E-state index >= 15 is 0 Å². The summed E-state index contributed by atoms with van der Waals surface area (Å²) in [7, 11) is -3.15. The van der Waals surface area contributed by atoms with Crippen LogP contribution in [0.25, 0.3) is 0 Å². The highest BCUT2D eigenvalue weighted by Gasteiger charge is 2.29. The van der Waals surface area contributed by atoms with Crippen molar-refractivity contribution in [3.05, 3.63) is 0 Å². The van der Waals surface area contributed by atoms with Crippen molar-refractivity contribution < 1.29 is 8.42 Å². The van der Waals surface area contributed by atoms with Crippen LogP contribution in [0.5, 0.6) is 0 Å². The Morgan fingerprint density at radius 2 is 1.46 bits per heavy atom. The summed E-state index contributed by atoms with van der Waals surface area (Å²) in [6, 6.07) is 0. The number of sulfonamides is 1. The quantitative estimate of drug-likeness (QED) is 0.763. The predicted molar refractivity (Wildman–Crippen MR) is 56.1 cm³/mol. The number of rotatable bonds is 4. The van der Waals surface area contributed by atoms with E-state index in [0.717, 1.165) is 0 Å². The zero-order valence-corrected chi connectivity index (χ0v) is 10.2. The molecule has 13 heavy (non-hydrogen) atoms. The topological polar surface area (TPSA) is 46.2 Å². The molecule has 0 aromatic heterocycles. The van der Waals surface area contributed by atoms with E-state index < -0.39 is 10.0 Å². The zero-order chi connectivity index (χ0) is 10.9. The molecule has 0 atom stereocenters. The summed E-state index contributed by atoms with van der Waals surface area (Å²) >= 11 is 0. The minimum absolute atomic E-state index is 0.279. The first kappa shape index (κ1) is 12.9. The van der Waals surface area contributed by atoms with E-state index in [1.54, 1.807) is 13.8 Å². The first-order chi connectivity index (χ1) is 5.59. The lowest BCUT2D eigenvalue weighted by Crippen LogP contribution is -2.49. The molecule has 0 bridgehead atoms. The van der Waals surface area contributed by atoms with Crippen molar-refractivity contribution in [1.29, 1.82) is 0 Å². The Bertz CT molecular complexity index is 253. The molecule has 0 aliphatic rings. The van der Waals surface area contributed by atoms with Gasteiger partial charge in [0.1, 0.15) is 0 Å². The molecule has 0 unspecified atom stereocenters. The Morgan fingerprint density at radius 1 is 1.08 bits per heavy atom. The number of hydrogen-bond donors (Lipinski definition) is 1. The Kier molecular flexibility index (Phi) is 3.94. The molecule has 0 heterocycles. The molecule has 0 aliphatic carbocycles. The summed E-state index contributed by atoms with van der Waals surface area (Å²) in [5.41, 5.74) is -0.372. The van der Waals surface area contributed by atoms with Gasteiger partial charge in [-0.25, -0.2) is 13.1 Å². The van der Waals surface area contributed by atoms with Crippen molar-refractivity contribution in [3.63, 3.8) is 0 Å². The maximum absolute atomic E-state index is 11.5. The highest BCUT2D eigenvalue weighted by atomic mass is 32.2. The molecule has 0 aromatic rings. The first-order valence-corrected chi connectivity index (χ1v) is 6.17. The average molecular weight is 207 g/mol. The fourth-order valence-electron chi connectivity index (χ4n) is 0.602. The summed E-state index contributed by atoms with van der Waals surface area (Å²) in [5.74, 6) is 0.279. The van der Waals surface area contributed by atoms with E-state index in [-0.39, 0.29) is 16.7 Å². The number of hydrogen-bond acceptors (Lipinski definition) is 2. The summed E-state index contributed by atoms with van der Waals surface area (Å²) in [4.78, 5) is 0. The molecule has 0 aliphatic heterocycles. The minimum atomic E-state index is -3.15. The van der Waals surface area contributed by atoms with E-state index in [1.165, 1.54) is 0 Å². The van der Waals surface area contributed by atoms with Gasteiger partial charge >= 0.3 is 0 Å². The fourth-order valence-corrected chi connectivity index (χ4v) is 1.81. The van der Waals surface area contributed by atoms with Crippen molar-refractivity contribution in [2.45, 2.75) is 52.3 Å². The van der Waals surface area contributed by atoms with Gasteiger partial charge in [0.15, 0.2) is 0 Å². The lowest BCUT2D eigenvalue weighted by Gasteiger charge is -2.31. The summed E-state index contributed by atoms with van der Waals surface area (Å²) in [6.45, 7) is 11.2. The largest absolute Gasteiger partial charge is 0.214 e. The zero-order valence-electron chi connectivity index (χ0n) is 9.38. The molecule has 80 valence electrons. The molecule has 0 saturated heterocycles. The van der Waals surface area contributed by atoms with Crippen molar-refractivity contribution >= 4 is 10.0 Å². The smallest absolute Gasteiger partial charge is 0.212 e. The fraction of sp³-hybridized carbons (Fsp3) is 1.00. The Labute approximate surface area is 82.0 Å². The molecule has 0 spiro atoms. The molecule has 3 nitrogen and oxygen atoms in total. The minimum Gasteiger partial charge on any atom is -0.212 e. The Hall–Kier alpha value is -0.0900. The molecule has 0 aromatic carbocycles. The van der Waals surface area contributed by atoms with Gasteiger partial charge in [-0.1, -0.05) is 13.8 Å². The second-order valence-electron chi connectivity index (χ2n) is 4.57. The van der Waals surface area contributed by atoms with Crippen LogP contribution in [-0.2, 0) is 10.0 Å². The monoisotopic (exact) mass is 207 g/mol. The SMILES string of the molecule is CC(C)C(C)(C)NS(=O)(=O)C(C)C. The van der Waals surface area contributed by atoms with E-state index in [0.29, 0.717) is 0 Å². The number of nitrogens with one attached hydrogen (secondary N) is 1. The summed E-state index contributed by atoms with van der Waals surface area (Å²) in [5, 5.41) is -0.370. The third-order valence-corrected chi connectivity index (χ3v) is 4.52. The van der Waals surface area contributed by atoms with Gasteiger partial charge in [-0.05, 0) is 33.6 Å². The van der Waals surface area contributed by atoms with Crippen LogP contribution in [-0.4, -0.2) is 19.2 Å². The van der Waals surface area contributed by atoms with E-state index in [4.69, 9.17) is 0 Å². The lowest BCUT2D eigenvalue weighted by molar-refractivity contribution is 0.335. The van der Waals surface area contributed by atoms with Gasteiger partial charge < -0.3 is 0 Å². The second kappa shape index (κ2) is 3.96. The van der Waals surface area contributed by atoms with Crippen LogP contribution in [0.2, 0.25) is 0 Å². The maximum Gasteiger partial charge on any atom is 0.214 e. The molecule has 0 saturated carbocycles. The highest BCUT2D eigenvalue weighted by Crippen LogP contribution is 2.17. The lowest BCUT2D eigenvalue weighted by atomic mass is 9.92. The third-order valence-electron chi connectivity index (χ3n) is 2.47. The van der Waals surface area contributed by atoms with Crippen LogP contribution in [0.15, 0.2) is 0 Å². The molecule has 0 radical (unpaired) electrons. The third kappa shape index (κ3) is 3.65. The Morgan fingerprint density at radius 3 is 1.69 bits per heavy atom. The van der Waals surface area contributed by atoms with Crippen LogP contribution >= 0.6 is 0 Å². The predicted octanol–water partition coefficient (Wildman–Crippen LogP) is 1.75. The van der Waals surface area contributed by atoms with Crippen LogP contribution in [0.4, 0.5) is 0 Å². The van der Waals surface area contributed by atoms with Crippen molar-refractivity contribution in [1.82, 2.24) is 4.72 Å².